The molecule has 1 aliphatic carbocycles. The van der Waals surface area contributed by atoms with Crippen molar-refractivity contribution >= 4 is 5.69 Å². The molecule has 2 aromatic rings. The molecule has 1 fully saturated rings. The number of hydrogen-bond acceptors (Lipinski definition) is 2. The summed E-state index contributed by atoms with van der Waals surface area (Å²) in [6.45, 7) is 0.887. The molecule has 0 aliphatic heterocycles. The van der Waals surface area contributed by atoms with E-state index < -0.39 is 0 Å². The molecule has 3 heteroatoms. The lowest BCUT2D eigenvalue weighted by molar-refractivity contribution is 0.768. The molecule has 1 heterocycles. The van der Waals surface area contributed by atoms with Crippen LogP contribution in [0.15, 0.2) is 36.7 Å². The smallest absolute Gasteiger partial charge is 0.0729 e. The number of nitrogens with zero attached hydrogens (tertiary/aromatic N) is 2. The zero-order chi connectivity index (χ0) is 11.7. The van der Waals surface area contributed by atoms with Crippen LogP contribution < -0.4 is 5.32 Å². The third-order valence-electron chi connectivity index (χ3n) is 3.26. The van der Waals surface area contributed by atoms with Gasteiger partial charge in [0.1, 0.15) is 0 Å². The van der Waals surface area contributed by atoms with Gasteiger partial charge in [0.15, 0.2) is 0 Å². The van der Waals surface area contributed by atoms with E-state index in [-0.39, 0.29) is 0 Å². The van der Waals surface area contributed by atoms with E-state index in [0.717, 1.165) is 18.2 Å². The second-order valence-electron chi connectivity index (χ2n) is 4.73. The fraction of sp³-hybridized carbons (Fsp3) is 0.357. The van der Waals surface area contributed by atoms with Crippen molar-refractivity contribution in [2.24, 2.45) is 7.05 Å². The summed E-state index contributed by atoms with van der Waals surface area (Å²) >= 11 is 0. The minimum Gasteiger partial charge on any atom is -0.378 e. The van der Waals surface area contributed by atoms with Crippen molar-refractivity contribution in [1.82, 2.24) is 9.78 Å². The monoisotopic (exact) mass is 227 g/mol. The molecule has 0 radical (unpaired) electrons. The van der Waals surface area contributed by atoms with E-state index in [1.807, 2.05) is 24.1 Å². The summed E-state index contributed by atoms with van der Waals surface area (Å²) in [5.74, 6) is 0.807. The Bertz CT molecular complexity index is 512. The molecule has 3 rings (SSSR count). The Kier molecular flexibility index (Phi) is 2.59. The molecule has 3 nitrogen and oxygen atoms in total. The Morgan fingerprint density at radius 3 is 2.88 bits per heavy atom. The second kappa shape index (κ2) is 4.24. The molecule has 1 saturated carbocycles. The minimum atomic E-state index is 0.807. The van der Waals surface area contributed by atoms with E-state index in [2.05, 4.69) is 34.7 Å². The van der Waals surface area contributed by atoms with Crippen LogP contribution in [0, 0.1) is 0 Å². The van der Waals surface area contributed by atoms with Gasteiger partial charge in [-0.05, 0) is 29.9 Å². The van der Waals surface area contributed by atoms with Crippen LogP contribution in [0.1, 0.15) is 29.9 Å². The van der Waals surface area contributed by atoms with Gasteiger partial charge in [-0.25, -0.2) is 0 Å². The first-order valence-corrected chi connectivity index (χ1v) is 6.13. The summed E-state index contributed by atoms with van der Waals surface area (Å²) in [4.78, 5) is 0. The summed E-state index contributed by atoms with van der Waals surface area (Å²) in [6.07, 6.45) is 6.56. The van der Waals surface area contributed by atoms with Crippen LogP contribution in [0.5, 0.6) is 0 Å². The van der Waals surface area contributed by atoms with Gasteiger partial charge in [-0.2, -0.15) is 5.10 Å². The van der Waals surface area contributed by atoms with Crippen molar-refractivity contribution in [3.05, 3.63) is 47.8 Å². The van der Waals surface area contributed by atoms with Crippen molar-refractivity contribution in [1.29, 1.82) is 0 Å². The molecule has 0 atom stereocenters. The predicted octanol–water partition coefficient (Wildman–Crippen LogP) is 2.91. The third kappa shape index (κ3) is 2.33. The normalized spacial score (nSPS) is 14.9. The first-order chi connectivity index (χ1) is 8.33. The molecular formula is C14H17N3. The number of aromatic nitrogens is 2. The maximum atomic E-state index is 4.15. The molecule has 0 bridgehead atoms. The van der Waals surface area contributed by atoms with Crippen LogP contribution in [-0.2, 0) is 13.6 Å². The Balaban J connectivity index is 1.72. The number of aryl methyl sites for hydroxylation is 1. The zero-order valence-corrected chi connectivity index (χ0v) is 10.1. The van der Waals surface area contributed by atoms with E-state index >= 15 is 0 Å². The van der Waals surface area contributed by atoms with E-state index in [9.17, 15) is 0 Å². The summed E-state index contributed by atoms with van der Waals surface area (Å²) in [5.41, 5.74) is 4.01. The van der Waals surface area contributed by atoms with Gasteiger partial charge >= 0.3 is 0 Å². The lowest BCUT2D eigenvalue weighted by Gasteiger charge is -2.09. The molecule has 0 saturated heterocycles. The van der Waals surface area contributed by atoms with E-state index in [1.165, 1.54) is 24.0 Å². The maximum absolute atomic E-state index is 4.15. The predicted molar refractivity (Wildman–Crippen MR) is 69.0 cm³/mol. The molecule has 1 aromatic carbocycles. The number of benzene rings is 1. The van der Waals surface area contributed by atoms with Crippen molar-refractivity contribution in [3.63, 3.8) is 0 Å². The average molecular weight is 227 g/mol. The fourth-order valence-corrected chi connectivity index (χ4v) is 2.20. The summed E-state index contributed by atoms with van der Waals surface area (Å²) in [6, 6.07) is 8.74. The van der Waals surface area contributed by atoms with Gasteiger partial charge in [-0.1, -0.05) is 24.3 Å². The van der Waals surface area contributed by atoms with Gasteiger partial charge in [0.05, 0.1) is 11.9 Å². The average Bonchev–Trinajstić information content (AvgIpc) is 3.11. The number of rotatable bonds is 4. The topological polar surface area (TPSA) is 29.9 Å². The van der Waals surface area contributed by atoms with E-state index in [0.29, 0.717) is 0 Å². The van der Waals surface area contributed by atoms with E-state index in [4.69, 9.17) is 0 Å². The van der Waals surface area contributed by atoms with Crippen LogP contribution in [0.25, 0.3) is 0 Å². The molecule has 0 spiro atoms. The molecule has 0 amide bonds. The van der Waals surface area contributed by atoms with Crippen molar-refractivity contribution in [2.45, 2.75) is 25.3 Å². The maximum Gasteiger partial charge on any atom is 0.0729 e. The number of anilines is 1. The van der Waals surface area contributed by atoms with Gasteiger partial charge < -0.3 is 5.32 Å². The highest BCUT2D eigenvalue weighted by Gasteiger charge is 2.25. The van der Waals surface area contributed by atoms with Gasteiger partial charge in [0, 0.05) is 19.8 Å². The Labute approximate surface area is 101 Å². The van der Waals surface area contributed by atoms with Crippen LogP contribution >= 0.6 is 0 Å². The molecule has 17 heavy (non-hydrogen) atoms. The molecular weight excluding hydrogens is 210 g/mol. The first kappa shape index (κ1) is 10.4. The molecule has 1 aliphatic rings. The number of nitrogens with one attached hydrogen (secondary N) is 1. The fourth-order valence-electron chi connectivity index (χ4n) is 2.20. The van der Waals surface area contributed by atoms with E-state index in [1.54, 1.807) is 0 Å². The highest BCUT2D eigenvalue weighted by molar-refractivity contribution is 5.41. The molecule has 88 valence electrons. The van der Waals surface area contributed by atoms with Crippen LogP contribution in [-0.4, -0.2) is 9.78 Å². The molecule has 0 unspecified atom stereocenters. The van der Waals surface area contributed by atoms with Gasteiger partial charge in [-0.15, -0.1) is 0 Å². The lowest BCUT2D eigenvalue weighted by Crippen LogP contribution is -2.01. The largest absolute Gasteiger partial charge is 0.378 e. The summed E-state index contributed by atoms with van der Waals surface area (Å²) < 4.78 is 1.81. The highest BCUT2D eigenvalue weighted by Crippen LogP contribution is 2.41. The lowest BCUT2D eigenvalue weighted by atomic mass is 10.0. The quantitative estimate of drug-likeness (QED) is 0.870. The Hall–Kier alpha value is -1.77. The molecule has 1 N–H and O–H groups in total. The standard InChI is InChI=1S/C14H17N3/c1-17-10-13(9-16-17)15-8-12-4-2-3-5-14(12)11-6-7-11/h2-5,9-11,15H,6-8H2,1H3. The second-order valence-corrected chi connectivity index (χ2v) is 4.73. The van der Waals surface area contributed by atoms with Gasteiger partial charge in [0.2, 0.25) is 0 Å². The highest BCUT2D eigenvalue weighted by atomic mass is 15.3. The van der Waals surface area contributed by atoms with Crippen molar-refractivity contribution in [2.75, 3.05) is 5.32 Å². The van der Waals surface area contributed by atoms with Gasteiger partial charge in [0.25, 0.3) is 0 Å². The summed E-state index contributed by atoms with van der Waals surface area (Å²) in [5, 5.41) is 7.57. The summed E-state index contributed by atoms with van der Waals surface area (Å²) in [7, 11) is 1.93. The van der Waals surface area contributed by atoms with Crippen LogP contribution in [0.4, 0.5) is 5.69 Å². The van der Waals surface area contributed by atoms with Crippen molar-refractivity contribution in [3.8, 4) is 0 Å². The van der Waals surface area contributed by atoms with Crippen LogP contribution in [0.3, 0.4) is 0 Å². The van der Waals surface area contributed by atoms with Gasteiger partial charge in [-0.3, -0.25) is 4.68 Å². The molecule has 1 aromatic heterocycles. The minimum absolute atomic E-state index is 0.807. The third-order valence-corrected chi connectivity index (χ3v) is 3.26. The Morgan fingerprint density at radius 2 is 2.18 bits per heavy atom. The van der Waals surface area contributed by atoms with Crippen LogP contribution in [0.2, 0.25) is 0 Å². The number of hydrogen-bond donors (Lipinski definition) is 1. The van der Waals surface area contributed by atoms with Crippen molar-refractivity contribution < 1.29 is 0 Å². The Morgan fingerprint density at radius 1 is 1.35 bits per heavy atom. The first-order valence-electron chi connectivity index (χ1n) is 6.13. The SMILES string of the molecule is Cn1cc(NCc2ccccc2C2CC2)cn1. The zero-order valence-electron chi connectivity index (χ0n) is 10.1.